The van der Waals surface area contributed by atoms with Gasteiger partial charge in [-0.1, -0.05) is 6.92 Å². The first kappa shape index (κ1) is 18.2. The van der Waals surface area contributed by atoms with Gasteiger partial charge < -0.3 is 10.4 Å². The largest absolute Gasteiger partial charge is 0.392 e. The fourth-order valence-electron chi connectivity index (χ4n) is 3.82. The average molecular weight is 322 g/mol. The molecule has 2 rings (SSSR count). The highest BCUT2D eigenvalue weighted by atomic mass is 16.3. The lowest BCUT2D eigenvalue weighted by molar-refractivity contribution is -0.124. The SMILES string of the molecule is CC[C@@H]1CN(CC(=O)NC2(C#N)CCCC2)CCN1C[C@H](C)O. The van der Waals surface area contributed by atoms with E-state index in [0.717, 1.165) is 51.7 Å². The lowest BCUT2D eigenvalue weighted by atomic mass is 10.00. The zero-order valence-electron chi connectivity index (χ0n) is 14.4. The van der Waals surface area contributed by atoms with E-state index in [4.69, 9.17) is 0 Å². The molecule has 2 atom stereocenters. The Hall–Kier alpha value is -1.16. The Bertz CT molecular complexity index is 440. The number of nitrogens with zero attached hydrogens (tertiary/aromatic N) is 3. The minimum Gasteiger partial charge on any atom is -0.392 e. The first-order valence-corrected chi connectivity index (χ1v) is 8.85. The molecule has 1 saturated carbocycles. The summed E-state index contributed by atoms with van der Waals surface area (Å²) in [5.41, 5.74) is -0.630. The molecule has 2 fully saturated rings. The van der Waals surface area contributed by atoms with E-state index >= 15 is 0 Å². The Morgan fingerprint density at radius 3 is 2.70 bits per heavy atom. The predicted octanol–water partition coefficient (Wildman–Crippen LogP) is 0.716. The van der Waals surface area contributed by atoms with Gasteiger partial charge in [0.05, 0.1) is 18.7 Å². The van der Waals surface area contributed by atoms with E-state index in [2.05, 4.69) is 28.1 Å². The van der Waals surface area contributed by atoms with Crippen molar-refractivity contribution in [2.45, 2.75) is 63.6 Å². The second-order valence-corrected chi connectivity index (χ2v) is 7.09. The second kappa shape index (κ2) is 8.09. The van der Waals surface area contributed by atoms with Gasteiger partial charge in [0, 0.05) is 32.2 Å². The number of piperazine rings is 1. The number of nitriles is 1. The summed E-state index contributed by atoms with van der Waals surface area (Å²) in [5.74, 6) is -0.0349. The van der Waals surface area contributed by atoms with Crippen molar-refractivity contribution in [3.63, 3.8) is 0 Å². The maximum atomic E-state index is 12.3. The molecule has 0 unspecified atom stereocenters. The first-order valence-electron chi connectivity index (χ1n) is 8.85. The van der Waals surface area contributed by atoms with Gasteiger partial charge in [0.15, 0.2) is 0 Å². The molecule has 0 aromatic carbocycles. The van der Waals surface area contributed by atoms with Gasteiger partial charge in [0.2, 0.25) is 5.91 Å². The summed E-state index contributed by atoms with van der Waals surface area (Å²) < 4.78 is 0. The summed E-state index contributed by atoms with van der Waals surface area (Å²) in [7, 11) is 0. The van der Waals surface area contributed by atoms with Crippen molar-refractivity contribution >= 4 is 5.91 Å². The number of hydrogen-bond donors (Lipinski definition) is 2. The number of hydrogen-bond acceptors (Lipinski definition) is 5. The average Bonchev–Trinajstić information content (AvgIpc) is 2.97. The van der Waals surface area contributed by atoms with Crippen LogP contribution in [0.3, 0.4) is 0 Å². The lowest BCUT2D eigenvalue weighted by Crippen LogP contribution is -2.57. The highest BCUT2D eigenvalue weighted by Gasteiger charge is 2.36. The Balaban J connectivity index is 1.84. The Morgan fingerprint density at radius 1 is 1.43 bits per heavy atom. The zero-order valence-corrected chi connectivity index (χ0v) is 14.4. The predicted molar refractivity (Wildman–Crippen MR) is 88.7 cm³/mol. The highest BCUT2D eigenvalue weighted by molar-refractivity contribution is 5.79. The van der Waals surface area contributed by atoms with E-state index in [1.165, 1.54) is 0 Å². The van der Waals surface area contributed by atoms with Crippen molar-refractivity contribution in [3.05, 3.63) is 0 Å². The van der Waals surface area contributed by atoms with Crippen LogP contribution in [0.4, 0.5) is 0 Å². The van der Waals surface area contributed by atoms with Gasteiger partial charge in [-0.2, -0.15) is 5.26 Å². The van der Waals surface area contributed by atoms with Crippen molar-refractivity contribution in [1.82, 2.24) is 15.1 Å². The van der Waals surface area contributed by atoms with Crippen molar-refractivity contribution in [1.29, 1.82) is 5.26 Å². The summed E-state index contributed by atoms with van der Waals surface area (Å²) in [6, 6.07) is 2.69. The third kappa shape index (κ3) is 4.90. The van der Waals surface area contributed by atoms with Crippen molar-refractivity contribution in [2.24, 2.45) is 0 Å². The van der Waals surface area contributed by atoms with Gasteiger partial charge in [-0.05, 0) is 39.0 Å². The molecule has 0 spiro atoms. The number of amides is 1. The highest BCUT2D eigenvalue weighted by Crippen LogP contribution is 2.28. The molecule has 2 aliphatic rings. The van der Waals surface area contributed by atoms with Crippen LogP contribution < -0.4 is 5.32 Å². The number of carbonyl (C=O) groups is 1. The van der Waals surface area contributed by atoms with E-state index in [9.17, 15) is 15.2 Å². The molecule has 0 bridgehead atoms. The number of aliphatic hydroxyl groups excluding tert-OH is 1. The maximum Gasteiger partial charge on any atom is 0.235 e. The normalized spacial score (nSPS) is 26.6. The number of rotatable bonds is 6. The Labute approximate surface area is 139 Å². The van der Waals surface area contributed by atoms with Crippen LogP contribution in [-0.4, -0.2) is 71.2 Å². The van der Waals surface area contributed by atoms with E-state index < -0.39 is 5.54 Å². The monoisotopic (exact) mass is 322 g/mol. The minimum absolute atomic E-state index is 0.0349. The van der Waals surface area contributed by atoms with Crippen molar-refractivity contribution in [3.8, 4) is 6.07 Å². The van der Waals surface area contributed by atoms with Crippen LogP contribution in [0.25, 0.3) is 0 Å². The Morgan fingerprint density at radius 2 is 2.13 bits per heavy atom. The molecule has 1 heterocycles. The van der Waals surface area contributed by atoms with Crippen LogP contribution in [0, 0.1) is 11.3 Å². The molecule has 1 amide bonds. The smallest absolute Gasteiger partial charge is 0.235 e. The summed E-state index contributed by atoms with van der Waals surface area (Å²) in [6.07, 6.45) is 4.27. The van der Waals surface area contributed by atoms with Crippen LogP contribution in [0.5, 0.6) is 0 Å². The molecule has 6 heteroatoms. The van der Waals surface area contributed by atoms with E-state index in [1.807, 2.05) is 6.92 Å². The standard InChI is InChI=1S/C17H30N4O2/c1-3-15-11-20(8-9-21(15)10-14(2)22)12-16(23)19-17(13-18)6-4-5-7-17/h14-15,22H,3-12H2,1-2H3,(H,19,23)/t14-,15+/m0/s1. The zero-order chi connectivity index (χ0) is 16.9. The lowest BCUT2D eigenvalue weighted by Gasteiger charge is -2.41. The molecule has 2 N–H and O–H groups in total. The van der Waals surface area contributed by atoms with Crippen LogP contribution in [-0.2, 0) is 4.79 Å². The van der Waals surface area contributed by atoms with Gasteiger partial charge in [-0.15, -0.1) is 0 Å². The molecule has 0 aromatic heterocycles. The van der Waals surface area contributed by atoms with Gasteiger partial charge in [0.1, 0.15) is 5.54 Å². The van der Waals surface area contributed by atoms with E-state index in [0.29, 0.717) is 19.1 Å². The molecule has 6 nitrogen and oxygen atoms in total. The topological polar surface area (TPSA) is 79.6 Å². The molecular weight excluding hydrogens is 292 g/mol. The third-order valence-electron chi connectivity index (χ3n) is 5.08. The summed E-state index contributed by atoms with van der Waals surface area (Å²) >= 11 is 0. The van der Waals surface area contributed by atoms with Gasteiger partial charge in [0.25, 0.3) is 0 Å². The summed E-state index contributed by atoms with van der Waals surface area (Å²) in [4.78, 5) is 16.8. The van der Waals surface area contributed by atoms with Gasteiger partial charge in [-0.25, -0.2) is 0 Å². The summed E-state index contributed by atoms with van der Waals surface area (Å²) in [5, 5.41) is 21.9. The minimum atomic E-state index is -0.630. The molecule has 23 heavy (non-hydrogen) atoms. The third-order valence-corrected chi connectivity index (χ3v) is 5.08. The Kier molecular flexibility index (Phi) is 6.40. The van der Waals surface area contributed by atoms with Gasteiger partial charge >= 0.3 is 0 Å². The van der Waals surface area contributed by atoms with Crippen LogP contribution in [0.2, 0.25) is 0 Å². The molecule has 1 saturated heterocycles. The first-order chi connectivity index (χ1) is 11.0. The molecule has 130 valence electrons. The quantitative estimate of drug-likeness (QED) is 0.753. The molecule has 0 radical (unpaired) electrons. The number of carbonyl (C=O) groups excluding carboxylic acids is 1. The molecular formula is C17H30N4O2. The number of nitrogens with one attached hydrogen (secondary N) is 1. The summed E-state index contributed by atoms with van der Waals surface area (Å²) in [6.45, 7) is 7.56. The fourth-order valence-corrected chi connectivity index (χ4v) is 3.82. The second-order valence-electron chi connectivity index (χ2n) is 7.09. The van der Waals surface area contributed by atoms with Crippen molar-refractivity contribution < 1.29 is 9.90 Å². The molecule has 1 aliphatic heterocycles. The fraction of sp³-hybridized carbons (Fsp3) is 0.882. The van der Waals surface area contributed by atoms with Crippen LogP contribution >= 0.6 is 0 Å². The van der Waals surface area contributed by atoms with Crippen LogP contribution in [0.1, 0.15) is 46.0 Å². The van der Waals surface area contributed by atoms with Gasteiger partial charge in [-0.3, -0.25) is 14.6 Å². The maximum absolute atomic E-state index is 12.3. The number of aliphatic hydroxyl groups is 1. The van der Waals surface area contributed by atoms with Crippen molar-refractivity contribution in [2.75, 3.05) is 32.7 Å². The van der Waals surface area contributed by atoms with E-state index in [1.54, 1.807) is 0 Å². The molecule has 1 aliphatic carbocycles. The van der Waals surface area contributed by atoms with Crippen LogP contribution in [0.15, 0.2) is 0 Å². The number of β-amino-alcohol motifs (C(OH)–C–C–N with tert-alkyl or cyclic N) is 1. The molecule has 0 aromatic rings. The van der Waals surface area contributed by atoms with E-state index in [-0.39, 0.29) is 12.0 Å².